The smallest absolute Gasteiger partial charge is 0.224 e. The van der Waals surface area contributed by atoms with Crippen LogP contribution in [-0.4, -0.2) is 35.6 Å². The zero-order valence-corrected chi connectivity index (χ0v) is 13.1. The maximum Gasteiger partial charge on any atom is 0.224 e. The highest BCUT2D eigenvalue weighted by molar-refractivity contribution is 6.03. The van der Waals surface area contributed by atoms with Crippen molar-refractivity contribution in [1.82, 2.24) is 4.90 Å². The number of rotatable bonds is 4. The Kier molecular flexibility index (Phi) is 5.31. The third kappa shape index (κ3) is 4.16. The van der Waals surface area contributed by atoms with Gasteiger partial charge in [0.2, 0.25) is 11.8 Å². The lowest BCUT2D eigenvalue weighted by molar-refractivity contribution is -0.130. The predicted octanol–water partition coefficient (Wildman–Crippen LogP) is 2.48. The second-order valence-corrected chi connectivity index (χ2v) is 5.80. The van der Waals surface area contributed by atoms with Crippen molar-refractivity contribution in [3.63, 3.8) is 0 Å². The zero-order chi connectivity index (χ0) is 16.1. The van der Waals surface area contributed by atoms with E-state index in [1.54, 1.807) is 31.2 Å². The summed E-state index contributed by atoms with van der Waals surface area (Å²) in [5, 5.41) is 2.83. The summed E-state index contributed by atoms with van der Waals surface area (Å²) in [5.41, 5.74) is 1.10. The molecule has 0 atom stereocenters. The number of amides is 2. The maximum absolute atomic E-state index is 12.2. The second kappa shape index (κ2) is 7.20. The molecule has 2 amide bonds. The monoisotopic (exact) mass is 302 g/mol. The average molecular weight is 302 g/mol. The van der Waals surface area contributed by atoms with E-state index >= 15 is 0 Å². The normalized spacial score (nSPS) is 15.5. The molecule has 1 aliphatic rings. The number of ketones is 1. The minimum absolute atomic E-state index is 0.0642. The topological polar surface area (TPSA) is 66.5 Å². The number of hydrogen-bond donors (Lipinski definition) is 1. The van der Waals surface area contributed by atoms with E-state index in [2.05, 4.69) is 5.32 Å². The van der Waals surface area contributed by atoms with Gasteiger partial charge in [-0.05, 0) is 37.8 Å². The van der Waals surface area contributed by atoms with Gasteiger partial charge < -0.3 is 10.2 Å². The summed E-state index contributed by atoms with van der Waals surface area (Å²) < 4.78 is 0. The van der Waals surface area contributed by atoms with E-state index in [0.717, 1.165) is 25.9 Å². The van der Waals surface area contributed by atoms with Crippen molar-refractivity contribution in [3.05, 3.63) is 29.8 Å². The molecule has 0 aromatic heterocycles. The molecule has 1 saturated heterocycles. The quantitative estimate of drug-likeness (QED) is 0.869. The van der Waals surface area contributed by atoms with Crippen LogP contribution in [0, 0.1) is 5.92 Å². The molecule has 1 aromatic rings. The molecule has 0 unspecified atom stereocenters. The van der Waals surface area contributed by atoms with Crippen LogP contribution in [0.25, 0.3) is 0 Å². The van der Waals surface area contributed by atoms with E-state index in [4.69, 9.17) is 0 Å². The summed E-state index contributed by atoms with van der Waals surface area (Å²) in [4.78, 5) is 36.8. The number of nitrogens with zero attached hydrogens (tertiary/aromatic N) is 1. The minimum Gasteiger partial charge on any atom is -0.343 e. The number of carbonyl (C=O) groups is 3. The third-order valence-electron chi connectivity index (χ3n) is 4.11. The number of anilines is 1. The number of likely N-dealkylation sites (tertiary alicyclic amines) is 1. The highest BCUT2D eigenvalue weighted by atomic mass is 16.2. The van der Waals surface area contributed by atoms with Gasteiger partial charge in [-0.3, -0.25) is 14.4 Å². The van der Waals surface area contributed by atoms with Gasteiger partial charge in [-0.15, -0.1) is 0 Å². The number of nitrogens with one attached hydrogen (secondary N) is 1. The first-order valence-electron chi connectivity index (χ1n) is 7.62. The lowest BCUT2D eigenvalue weighted by atomic mass is 9.93. The molecule has 1 aliphatic heterocycles. The molecule has 0 saturated carbocycles. The standard InChI is InChI=1S/C17H22N2O3/c1-12(20)15-5-3-4-6-16(15)18-17(22)11-14-7-9-19(10-8-14)13(2)21/h3-6,14H,7-11H2,1-2H3,(H,18,22). The fraction of sp³-hybridized carbons (Fsp3) is 0.471. The van der Waals surface area contributed by atoms with Crippen LogP contribution in [0.3, 0.4) is 0 Å². The molecule has 1 N–H and O–H groups in total. The van der Waals surface area contributed by atoms with E-state index in [1.165, 1.54) is 6.92 Å². The Bertz CT molecular complexity index is 575. The van der Waals surface area contributed by atoms with Crippen molar-refractivity contribution in [3.8, 4) is 0 Å². The number of carbonyl (C=O) groups excluding carboxylic acids is 3. The molecule has 0 spiro atoms. The van der Waals surface area contributed by atoms with Crippen LogP contribution < -0.4 is 5.32 Å². The van der Waals surface area contributed by atoms with Crippen molar-refractivity contribution < 1.29 is 14.4 Å². The number of benzene rings is 1. The van der Waals surface area contributed by atoms with Gasteiger partial charge in [0.05, 0.1) is 5.69 Å². The van der Waals surface area contributed by atoms with E-state index in [-0.39, 0.29) is 17.6 Å². The molecule has 1 aromatic carbocycles. The Labute approximate surface area is 130 Å². The molecule has 5 heteroatoms. The molecule has 1 heterocycles. The highest BCUT2D eigenvalue weighted by Crippen LogP contribution is 2.22. The Morgan fingerprint density at radius 1 is 1.14 bits per heavy atom. The van der Waals surface area contributed by atoms with E-state index in [1.807, 2.05) is 4.90 Å². The molecule has 1 fully saturated rings. The molecule has 22 heavy (non-hydrogen) atoms. The van der Waals surface area contributed by atoms with E-state index in [0.29, 0.717) is 23.6 Å². The molecule has 5 nitrogen and oxygen atoms in total. The Morgan fingerprint density at radius 3 is 2.36 bits per heavy atom. The first-order chi connectivity index (χ1) is 10.5. The fourth-order valence-electron chi connectivity index (χ4n) is 2.81. The number of para-hydroxylation sites is 1. The van der Waals surface area contributed by atoms with Crippen molar-refractivity contribution in [2.75, 3.05) is 18.4 Å². The number of piperidine rings is 1. The molecule has 118 valence electrons. The largest absolute Gasteiger partial charge is 0.343 e. The van der Waals surface area contributed by atoms with Gasteiger partial charge in [-0.1, -0.05) is 12.1 Å². The summed E-state index contributed by atoms with van der Waals surface area (Å²) in [5.74, 6) is 0.249. The van der Waals surface area contributed by atoms with Crippen LogP contribution in [0.4, 0.5) is 5.69 Å². The second-order valence-electron chi connectivity index (χ2n) is 5.80. The molecule has 0 aliphatic carbocycles. The minimum atomic E-state index is -0.0741. The van der Waals surface area contributed by atoms with Crippen LogP contribution in [0.5, 0.6) is 0 Å². The number of hydrogen-bond acceptors (Lipinski definition) is 3. The molecular weight excluding hydrogens is 280 g/mol. The third-order valence-corrected chi connectivity index (χ3v) is 4.11. The fourth-order valence-corrected chi connectivity index (χ4v) is 2.81. The van der Waals surface area contributed by atoms with Crippen LogP contribution in [0.2, 0.25) is 0 Å². The summed E-state index contributed by atoms with van der Waals surface area (Å²) >= 11 is 0. The van der Waals surface area contributed by atoms with Gasteiger partial charge in [0.25, 0.3) is 0 Å². The lowest BCUT2D eigenvalue weighted by Gasteiger charge is -2.31. The first-order valence-corrected chi connectivity index (χ1v) is 7.62. The van der Waals surface area contributed by atoms with Crippen LogP contribution in [0.15, 0.2) is 24.3 Å². The first kappa shape index (κ1) is 16.2. The summed E-state index contributed by atoms with van der Waals surface area (Å²) in [7, 11) is 0. The lowest BCUT2D eigenvalue weighted by Crippen LogP contribution is -2.37. The van der Waals surface area contributed by atoms with E-state index < -0.39 is 0 Å². The zero-order valence-electron chi connectivity index (χ0n) is 13.1. The van der Waals surface area contributed by atoms with Gasteiger partial charge in [-0.25, -0.2) is 0 Å². The Hall–Kier alpha value is -2.17. The van der Waals surface area contributed by atoms with Gasteiger partial charge in [-0.2, -0.15) is 0 Å². The SMILES string of the molecule is CC(=O)c1ccccc1NC(=O)CC1CCN(C(C)=O)CC1. The van der Waals surface area contributed by atoms with Gasteiger partial charge in [0.1, 0.15) is 0 Å². The number of Topliss-reactive ketones (excluding diaryl/α,β-unsaturated/α-hetero) is 1. The van der Waals surface area contributed by atoms with Crippen LogP contribution >= 0.6 is 0 Å². The maximum atomic E-state index is 12.2. The summed E-state index contributed by atoms with van der Waals surface area (Å²) in [6.45, 7) is 4.50. The van der Waals surface area contributed by atoms with Gasteiger partial charge >= 0.3 is 0 Å². The Morgan fingerprint density at radius 2 is 1.77 bits per heavy atom. The van der Waals surface area contributed by atoms with Gasteiger partial charge in [0, 0.05) is 32.0 Å². The average Bonchev–Trinajstić information content (AvgIpc) is 2.48. The Balaban J connectivity index is 1.89. The van der Waals surface area contributed by atoms with Crippen LogP contribution in [0.1, 0.15) is 43.5 Å². The van der Waals surface area contributed by atoms with Crippen LogP contribution in [-0.2, 0) is 9.59 Å². The van der Waals surface area contributed by atoms with Gasteiger partial charge in [0.15, 0.2) is 5.78 Å². The summed E-state index contributed by atoms with van der Waals surface area (Å²) in [6, 6.07) is 7.04. The predicted molar refractivity (Wildman–Crippen MR) is 84.7 cm³/mol. The van der Waals surface area contributed by atoms with Crippen molar-refractivity contribution in [2.24, 2.45) is 5.92 Å². The molecule has 0 bridgehead atoms. The van der Waals surface area contributed by atoms with Crippen molar-refractivity contribution in [2.45, 2.75) is 33.1 Å². The van der Waals surface area contributed by atoms with E-state index in [9.17, 15) is 14.4 Å². The molecule has 0 radical (unpaired) electrons. The highest BCUT2D eigenvalue weighted by Gasteiger charge is 2.23. The molecular formula is C17H22N2O3. The molecule has 2 rings (SSSR count). The van der Waals surface area contributed by atoms with Crippen molar-refractivity contribution in [1.29, 1.82) is 0 Å². The van der Waals surface area contributed by atoms with Crippen molar-refractivity contribution >= 4 is 23.3 Å². The summed E-state index contributed by atoms with van der Waals surface area (Å²) in [6.07, 6.45) is 2.13.